The van der Waals surface area contributed by atoms with Crippen molar-refractivity contribution in [1.82, 2.24) is 4.98 Å². The van der Waals surface area contributed by atoms with E-state index in [2.05, 4.69) is 35.7 Å². The first-order chi connectivity index (χ1) is 6.86. The summed E-state index contributed by atoms with van der Waals surface area (Å²) in [5.74, 6) is 0. The lowest BCUT2D eigenvalue weighted by Gasteiger charge is -2.07. The van der Waals surface area contributed by atoms with Gasteiger partial charge in [0, 0.05) is 21.4 Å². The Morgan fingerprint density at radius 2 is 1.86 bits per heavy atom. The molecule has 3 heteroatoms. The molecule has 1 nitrogen and oxygen atoms in total. The molecule has 0 unspecified atom stereocenters. The van der Waals surface area contributed by atoms with Gasteiger partial charge in [0.15, 0.2) is 0 Å². The van der Waals surface area contributed by atoms with Gasteiger partial charge in [-0.05, 0) is 18.6 Å². The topological polar surface area (TPSA) is 12.9 Å². The molecule has 0 atom stereocenters. The number of hydrogen-bond donors (Lipinski definition) is 0. The third kappa shape index (κ3) is 1.62. The highest BCUT2D eigenvalue weighted by atomic mass is 32.2. The summed E-state index contributed by atoms with van der Waals surface area (Å²) in [4.78, 5) is 7.02. The van der Waals surface area contributed by atoms with Crippen LogP contribution in [0.25, 0.3) is 10.9 Å². The molecule has 0 fully saturated rings. The Morgan fingerprint density at radius 3 is 2.57 bits per heavy atom. The molecular weight excluding hydrogens is 210 g/mol. The molecule has 0 saturated heterocycles. The number of fused-ring (bicyclic) bond motifs is 1. The fourth-order valence-electron chi connectivity index (χ4n) is 1.45. The SMILES string of the molecule is CSc1cnc2ccccc2c1SC. The van der Waals surface area contributed by atoms with E-state index in [4.69, 9.17) is 0 Å². The van der Waals surface area contributed by atoms with Crippen molar-refractivity contribution < 1.29 is 0 Å². The maximum absolute atomic E-state index is 4.43. The van der Waals surface area contributed by atoms with Crippen LogP contribution < -0.4 is 0 Å². The maximum Gasteiger partial charge on any atom is 0.0714 e. The molecule has 0 aliphatic rings. The zero-order chi connectivity index (χ0) is 9.97. The second kappa shape index (κ2) is 4.24. The zero-order valence-electron chi connectivity index (χ0n) is 8.15. The van der Waals surface area contributed by atoms with Crippen LogP contribution >= 0.6 is 23.5 Å². The Labute approximate surface area is 92.3 Å². The Morgan fingerprint density at radius 1 is 1.07 bits per heavy atom. The summed E-state index contributed by atoms with van der Waals surface area (Å²) in [6.07, 6.45) is 6.16. The van der Waals surface area contributed by atoms with Gasteiger partial charge >= 0.3 is 0 Å². The van der Waals surface area contributed by atoms with Gasteiger partial charge in [0.2, 0.25) is 0 Å². The van der Waals surface area contributed by atoms with E-state index in [1.807, 2.05) is 12.3 Å². The van der Waals surface area contributed by atoms with Crippen LogP contribution in [0.4, 0.5) is 0 Å². The smallest absolute Gasteiger partial charge is 0.0714 e. The fourth-order valence-corrected chi connectivity index (χ4v) is 3.05. The summed E-state index contributed by atoms with van der Waals surface area (Å²) >= 11 is 3.54. The van der Waals surface area contributed by atoms with Gasteiger partial charge in [0.1, 0.15) is 0 Å². The Kier molecular flexibility index (Phi) is 2.99. The first kappa shape index (κ1) is 9.87. The number of rotatable bonds is 2. The van der Waals surface area contributed by atoms with Crippen LogP contribution in [0.3, 0.4) is 0 Å². The van der Waals surface area contributed by atoms with Crippen molar-refractivity contribution in [2.45, 2.75) is 9.79 Å². The van der Waals surface area contributed by atoms with Crippen LogP contribution in [0.2, 0.25) is 0 Å². The number of nitrogens with zero attached hydrogens (tertiary/aromatic N) is 1. The lowest BCUT2D eigenvalue weighted by molar-refractivity contribution is 1.20. The van der Waals surface area contributed by atoms with Gasteiger partial charge in [-0.1, -0.05) is 18.2 Å². The normalized spacial score (nSPS) is 10.7. The minimum absolute atomic E-state index is 1.08. The molecule has 2 aromatic rings. The van der Waals surface area contributed by atoms with E-state index in [0.717, 1.165) is 5.52 Å². The van der Waals surface area contributed by atoms with Crippen molar-refractivity contribution in [3.63, 3.8) is 0 Å². The molecule has 0 spiro atoms. The van der Waals surface area contributed by atoms with Gasteiger partial charge in [0.25, 0.3) is 0 Å². The summed E-state index contributed by atoms with van der Waals surface area (Å²) in [6.45, 7) is 0. The van der Waals surface area contributed by atoms with Gasteiger partial charge in [-0.25, -0.2) is 0 Å². The molecule has 0 amide bonds. The first-order valence-electron chi connectivity index (χ1n) is 4.32. The van der Waals surface area contributed by atoms with Crippen molar-refractivity contribution >= 4 is 34.4 Å². The van der Waals surface area contributed by atoms with E-state index in [1.165, 1.54) is 15.2 Å². The lowest BCUT2D eigenvalue weighted by Crippen LogP contribution is -1.84. The second-order valence-corrected chi connectivity index (χ2v) is 4.54. The minimum Gasteiger partial charge on any atom is -0.255 e. The third-order valence-electron chi connectivity index (χ3n) is 2.12. The third-order valence-corrected chi connectivity index (χ3v) is 3.84. The van der Waals surface area contributed by atoms with E-state index in [1.54, 1.807) is 23.5 Å². The zero-order valence-corrected chi connectivity index (χ0v) is 9.78. The molecule has 0 aliphatic carbocycles. The number of hydrogen-bond acceptors (Lipinski definition) is 3. The number of para-hydroxylation sites is 1. The van der Waals surface area contributed by atoms with E-state index in [9.17, 15) is 0 Å². The van der Waals surface area contributed by atoms with Crippen molar-refractivity contribution in [3.8, 4) is 0 Å². The largest absolute Gasteiger partial charge is 0.255 e. The summed E-state index contributed by atoms with van der Waals surface area (Å²) in [5.41, 5.74) is 1.08. The van der Waals surface area contributed by atoms with Crippen molar-refractivity contribution in [2.24, 2.45) is 0 Å². The molecule has 0 N–H and O–H groups in total. The minimum atomic E-state index is 1.08. The summed E-state index contributed by atoms with van der Waals surface area (Å²) in [7, 11) is 0. The van der Waals surface area contributed by atoms with E-state index < -0.39 is 0 Å². The molecule has 72 valence electrons. The Bertz CT molecular complexity index is 454. The van der Waals surface area contributed by atoms with Crippen LogP contribution in [0.5, 0.6) is 0 Å². The summed E-state index contributed by atoms with van der Waals surface area (Å²) in [5, 5.41) is 1.26. The number of thioether (sulfide) groups is 2. The molecule has 1 aromatic carbocycles. The average Bonchev–Trinajstić information content (AvgIpc) is 2.27. The molecular formula is C11H11NS2. The van der Waals surface area contributed by atoms with Crippen LogP contribution in [0.15, 0.2) is 40.3 Å². The van der Waals surface area contributed by atoms with Gasteiger partial charge in [-0.3, -0.25) is 4.98 Å². The van der Waals surface area contributed by atoms with Crippen molar-refractivity contribution in [1.29, 1.82) is 0 Å². The number of aromatic nitrogens is 1. The predicted octanol–water partition coefficient (Wildman–Crippen LogP) is 3.68. The highest BCUT2D eigenvalue weighted by molar-refractivity contribution is 8.01. The molecule has 0 aliphatic heterocycles. The lowest BCUT2D eigenvalue weighted by atomic mass is 10.2. The molecule has 14 heavy (non-hydrogen) atoms. The standard InChI is InChI=1S/C11H11NS2/c1-13-10-7-12-9-6-4-3-5-8(9)11(10)14-2/h3-7H,1-2H3. The molecule has 1 aromatic heterocycles. The predicted molar refractivity (Wildman–Crippen MR) is 65.3 cm³/mol. The van der Waals surface area contributed by atoms with Gasteiger partial charge in [0.05, 0.1) is 5.52 Å². The highest BCUT2D eigenvalue weighted by Gasteiger charge is 2.05. The van der Waals surface area contributed by atoms with Gasteiger partial charge in [-0.2, -0.15) is 0 Å². The van der Waals surface area contributed by atoms with Crippen LogP contribution in [0.1, 0.15) is 0 Å². The quantitative estimate of drug-likeness (QED) is 0.718. The van der Waals surface area contributed by atoms with E-state index in [0.29, 0.717) is 0 Å². The van der Waals surface area contributed by atoms with Crippen LogP contribution in [-0.4, -0.2) is 17.5 Å². The van der Waals surface area contributed by atoms with Crippen molar-refractivity contribution in [2.75, 3.05) is 12.5 Å². The number of benzene rings is 1. The van der Waals surface area contributed by atoms with Crippen LogP contribution in [-0.2, 0) is 0 Å². The monoisotopic (exact) mass is 221 g/mol. The molecule has 2 rings (SSSR count). The Hall–Kier alpha value is -0.670. The Balaban J connectivity index is 2.77. The van der Waals surface area contributed by atoms with Crippen molar-refractivity contribution in [3.05, 3.63) is 30.5 Å². The van der Waals surface area contributed by atoms with Gasteiger partial charge < -0.3 is 0 Å². The first-order valence-corrected chi connectivity index (χ1v) is 6.77. The molecule has 0 saturated carbocycles. The second-order valence-electron chi connectivity index (χ2n) is 2.88. The fraction of sp³-hybridized carbons (Fsp3) is 0.182. The van der Waals surface area contributed by atoms with Crippen LogP contribution in [0, 0.1) is 0 Å². The number of pyridine rings is 1. The van der Waals surface area contributed by atoms with E-state index in [-0.39, 0.29) is 0 Å². The maximum atomic E-state index is 4.43. The molecule has 0 radical (unpaired) electrons. The average molecular weight is 221 g/mol. The molecule has 0 bridgehead atoms. The summed E-state index contributed by atoms with van der Waals surface area (Å²) in [6, 6.07) is 8.28. The molecule has 1 heterocycles. The van der Waals surface area contributed by atoms with Gasteiger partial charge in [-0.15, -0.1) is 23.5 Å². The summed E-state index contributed by atoms with van der Waals surface area (Å²) < 4.78 is 0. The van der Waals surface area contributed by atoms with E-state index >= 15 is 0 Å². The highest BCUT2D eigenvalue weighted by Crippen LogP contribution is 2.33.